The van der Waals surface area contributed by atoms with Crippen LogP contribution < -0.4 is 11.1 Å². The van der Waals surface area contributed by atoms with Crippen LogP contribution in [0.4, 0.5) is 5.82 Å². The molecule has 0 unspecified atom stereocenters. The van der Waals surface area contributed by atoms with E-state index in [0.29, 0.717) is 59.5 Å². The molecule has 3 aromatic heterocycles. The smallest absolute Gasteiger partial charge is 0.273 e. The summed E-state index contributed by atoms with van der Waals surface area (Å²) in [5.74, 6) is -0.350. The van der Waals surface area contributed by atoms with Gasteiger partial charge in [0, 0.05) is 56.6 Å². The zero-order chi connectivity index (χ0) is 24.4. The molecule has 1 aliphatic heterocycles. The Balaban J connectivity index is 1.51. The summed E-state index contributed by atoms with van der Waals surface area (Å²) in [7, 11) is 1.81. The summed E-state index contributed by atoms with van der Waals surface area (Å²) in [6.45, 7) is 4.28. The number of carbonyl (C=O) groups excluding carboxylic acids is 1. The van der Waals surface area contributed by atoms with Gasteiger partial charge in [-0.2, -0.15) is 5.10 Å². The monoisotopic (exact) mass is 492 g/mol. The topological polar surface area (TPSA) is 124 Å². The lowest BCUT2D eigenvalue weighted by Gasteiger charge is -2.26. The molecule has 1 aromatic carbocycles. The molecular formula is C24H25ClN8O2. The van der Waals surface area contributed by atoms with Crippen LogP contribution in [0.2, 0.25) is 5.02 Å². The molecule has 0 spiro atoms. The highest BCUT2D eigenvalue weighted by molar-refractivity contribution is 6.35. The summed E-state index contributed by atoms with van der Waals surface area (Å²) in [6, 6.07) is 9.26. The maximum absolute atomic E-state index is 13.0. The summed E-state index contributed by atoms with van der Waals surface area (Å²) >= 11 is 6.54. The maximum Gasteiger partial charge on any atom is 0.273 e. The predicted octanol–water partition coefficient (Wildman–Crippen LogP) is 2.39. The third-order valence-corrected chi connectivity index (χ3v) is 6.13. The highest BCUT2D eigenvalue weighted by atomic mass is 35.5. The van der Waals surface area contributed by atoms with Gasteiger partial charge in [-0.15, -0.1) is 0 Å². The molecule has 0 aliphatic carbocycles. The van der Waals surface area contributed by atoms with Gasteiger partial charge in [-0.1, -0.05) is 17.7 Å². The summed E-state index contributed by atoms with van der Waals surface area (Å²) in [6.07, 6.45) is 3.50. The van der Waals surface area contributed by atoms with E-state index in [1.54, 1.807) is 23.1 Å². The number of pyridine rings is 1. The molecule has 1 saturated heterocycles. The van der Waals surface area contributed by atoms with Crippen molar-refractivity contribution in [2.45, 2.75) is 0 Å². The molecule has 1 fully saturated rings. The first kappa shape index (κ1) is 23.2. The van der Waals surface area contributed by atoms with Crippen LogP contribution in [0, 0.1) is 0 Å². The fourth-order valence-electron chi connectivity index (χ4n) is 4.06. The largest absolute Gasteiger partial charge is 0.382 e. The number of nitrogens with two attached hydrogens (primary N) is 1. The molecule has 180 valence electrons. The average Bonchev–Trinajstić information content (AvgIpc) is 3.30. The fraction of sp³-hybridized carbons (Fsp3) is 0.292. The van der Waals surface area contributed by atoms with Gasteiger partial charge in [-0.3, -0.25) is 19.4 Å². The first-order chi connectivity index (χ1) is 17.0. The predicted molar refractivity (Wildman–Crippen MR) is 134 cm³/mol. The molecule has 10 nitrogen and oxygen atoms in total. The van der Waals surface area contributed by atoms with Gasteiger partial charge in [0.25, 0.3) is 5.91 Å². The standard InChI is InChI=1S/C24H25ClN8O2/c1-32-7-4-18(31-32)21-20(16-13-15-3-2-5-27-19(15)17(25)14-16)29-22(23(26)30-21)24(34)28-6-8-33-9-11-35-12-10-33/h2-5,7,13-14H,6,8-12H2,1H3,(H2,26,30)(H,28,34). The number of aromatic nitrogens is 5. The number of hydrogen-bond donors (Lipinski definition) is 2. The number of amides is 1. The van der Waals surface area contributed by atoms with Crippen molar-refractivity contribution in [1.82, 2.24) is 34.9 Å². The number of carbonyl (C=O) groups is 1. The Hall–Kier alpha value is -3.60. The summed E-state index contributed by atoms with van der Waals surface area (Å²) in [4.78, 5) is 28.9. The molecule has 0 bridgehead atoms. The molecule has 0 saturated carbocycles. The van der Waals surface area contributed by atoms with E-state index in [1.165, 1.54) is 0 Å². The number of nitrogens with zero attached hydrogens (tertiary/aromatic N) is 6. The second kappa shape index (κ2) is 9.95. The third-order valence-electron chi connectivity index (χ3n) is 5.84. The zero-order valence-electron chi connectivity index (χ0n) is 19.2. The number of aryl methyl sites for hydroxylation is 1. The van der Waals surface area contributed by atoms with Crippen LogP contribution in [-0.4, -0.2) is 74.9 Å². The SMILES string of the molecule is Cn1ccc(-c2nc(N)c(C(=O)NCCN3CCOCC3)nc2-c2cc(Cl)c3ncccc3c2)n1. The van der Waals surface area contributed by atoms with Crippen molar-refractivity contribution < 1.29 is 9.53 Å². The van der Waals surface area contributed by atoms with Crippen LogP contribution >= 0.6 is 11.6 Å². The molecule has 4 heterocycles. The molecule has 1 aliphatic rings. The van der Waals surface area contributed by atoms with Crippen LogP contribution in [0.15, 0.2) is 42.7 Å². The molecule has 3 N–H and O–H groups in total. The Labute approximate surface area is 207 Å². The fourth-order valence-corrected chi connectivity index (χ4v) is 4.33. The number of halogens is 1. The van der Waals surface area contributed by atoms with E-state index >= 15 is 0 Å². The Morgan fingerprint density at radius 1 is 1.20 bits per heavy atom. The number of hydrogen-bond acceptors (Lipinski definition) is 8. The second-order valence-electron chi connectivity index (χ2n) is 8.27. The molecule has 4 aromatic rings. The van der Waals surface area contributed by atoms with Gasteiger partial charge in [0.1, 0.15) is 11.4 Å². The second-order valence-corrected chi connectivity index (χ2v) is 8.68. The summed E-state index contributed by atoms with van der Waals surface area (Å²) in [5, 5.41) is 8.69. The first-order valence-electron chi connectivity index (χ1n) is 11.3. The Bertz CT molecular complexity index is 1380. The van der Waals surface area contributed by atoms with Gasteiger partial charge in [-0.25, -0.2) is 9.97 Å². The average molecular weight is 493 g/mol. The minimum Gasteiger partial charge on any atom is -0.382 e. The maximum atomic E-state index is 13.0. The Morgan fingerprint density at radius 2 is 2.03 bits per heavy atom. The van der Waals surface area contributed by atoms with Gasteiger partial charge in [0.15, 0.2) is 11.5 Å². The Kier molecular flexibility index (Phi) is 6.58. The number of fused-ring (bicyclic) bond motifs is 1. The van der Waals surface area contributed by atoms with Gasteiger partial charge >= 0.3 is 0 Å². The quantitative estimate of drug-likeness (QED) is 0.420. The van der Waals surface area contributed by atoms with Gasteiger partial charge in [-0.05, 0) is 24.3 Å². The third kappa shape index (κ3) is 4.95. The van der Waals surface area contributed by atoms with E-state index in [1.807, 2.05) is 31.3 Å². The highest BCUT2D eigenvalue weighted by Gasteiger charge is 2.22. The lowest BCUT2D eigenvalue weighted by atomic mass is 10.0. The lowest BCUT2D eigenvalue weighted by molar-refractivity contribution is 0.0383. The number of morpholine rings is 1. The number of nitrogen functional groups attached to an aromatic ring is 1. The number of anilines is 1. The van der Waals surface area contributed by atoms with Crippen molar-refractivity contribution in [2.75, 3.05) is 45.1 Å². The molecular weight excluding hydrogens is 468 g/mol. The van der Waals surface area contributed by atoms with Crippen LogP contribution in [0.5, 0.6) is 0 Å². The molecule has 5 rings (SSSR count). The van der Waals surface area contributed by atoms with Gasteiger partial charge < -0.3 is 15.8 Å². The molecule has 11 heteroatoms. The van der Waals surface area contributed by atoms with E-state index in [9.17, 15) is 4.79 Å². The minimum absolute atomic E-state index is 0.0341. The van der Waals surface area contributed by atoms with Crippen molar-refractivity contribution in [3.8, 4) is 22.6 Å². The van der Waals surface area contributed by atoms with Crippen LogP contribution in [0.3, 0.4) is 0 Å². The Morgan fingerprint density at radius 3 is 2.80 bits per heavy atom. The minimum atomic E-state index is -0.384. The van der Waals surface area contributed by atoms with Crippen molar-refractivity contribution >= 4 is 34.2 Å². The first-order valence-corrected chi connectivity index (χ1v) is 11.7. The molecule has 0 radical (unpaired) electrons. The van der Waals surface area contributed by atoms with Gasteiger partial charge in [0.05, 0.1) is 29.4 Å². The number of nitrogens with one attached hydrogen (secondary N) is 1. The lowest BCUT2D eigenvalue weighted by Crippen LogP contribution is -2.41. The van der Waals surface area contributed by atoms with E-state index in [-0.39, 0.29) is 17.4 Å². The van der Waals surface area contributed by atoms with Crippen molar-refractivity contribution in [1.29, 1.82) is 0 Å². The van der Waals surface area contributed by atoms with E-state index < -0.39 is 0 Å². The normalized spacial score (nSPS) is 14.3. The van der Waals surface area contributed by atoms with E-state index in [2.05, 4.69) is 30.3 Å². The highest BCUT2D eigenvalue weighted by Crippen LogP contribution is 2.34. The van der Waals surface area contributed by atoms with Crippen molar-refractivity contribution in [3.05, 3.63) is 53.4 Å². The van der Waals surface area contributed by atoms with E-state index in [0.717, 1.165) is 18.5 Å². The number of benzene rings is 1. The van der Waals surface area contributed by atoms with Crippen molar-refractivity contribution in [2.24, 2.45) is 7.05 Å². The van der Waals surface area contributed by atoms with E-state index in [4.69, 9.17) is 22.1 Å². The molecule has 35 heavy (non-hydrogen) atoms. The molecule has 1 amide bonds. The van der Waals surface area contributed by atoms with Gasteiger partial charge in [0.2, 0.25) is 0 Å². The number of ether oxygens (including phenoxy) is 1. The zero-order valence-corrected chi connectivity index (χ0v) is 20.0. The number of rotatable bonds is 6. The summed E-state index contributed by atoms with van der Waals surface area (Å²) in [5.41, 5.74) is 9.16. The van der Waals surface area contributed by atoms with Crippen LogP contribution in [-0.2, 0) is 11.8 Å². The summed E-state index contributed by atoms with van der Waals surface area (Å²) < 4.78 is 7.04. The van der Waals surface area contributed by atoms with Crippen LogP contribution in [0.25, 0.3) is 33.5 Å². The van der Waals surface area contributed by atoms with Crippen LogP contribution in [0.1, 0.15) is 10.5 Å². The molecule has 0 atom stereocenters. The van der Waals surface area contributed by atoms with Crippen molar-refractivity contribution in [3.63, 3.8) is 0 Å².